The summed E-state index contributed by atoms with van der Waals surface area (Å²) < 4.78 is 7.20. The Hall–Kier alpha value is -2.96. The topological polar surface area (TPSA) is 86.5 Å². The van der Waals surface area contributed by atoms with Gasteiger partial charge < -0.3 is 8.98 Å². The van der Waals surface area contributed by atoms with Crippen LogP contribution < -0.4 is 0 Å². The number of furan rings is 1. The van der Waals surface area contributed by atoms with E-state index < -0.39 is 4.92 Å². The molecule has 0 fully saturated rings. The molecule has 0 spiro atoms. The van der Waals surface area contributed by atoms with Crippen molar-refractivity contribution < 1.29 is 9.34 Å². The molecule has 2 heterocycles. The second-order valence-corrected chi connectivity index (χ2v) is 6.03. The first kappa shape index (κ1) is 16.9. The Balaban J connectivity index is 2.01. The molecule has 2 aromatic heterocycles. The molecular formula is C18H20N4O3. The van der Waals surface area contributed by atoms with Crippen molar-refractivity contribution in [2.75, 3.05) is 0 Å². The number of hydrogen-bond acceptors (Lipinski definition) is 5. The Kier molecular flexibility index (Phi) is 4.65. The Bertz CT molecular complexity index is 953. The highest BCUT2D eigenvalue weighted by Crippen LogP contribution is 2.26. The molecule has 3 rings (SSSR count). The van der Waals surface area contributed by atoms with Crippen LogP contribution in [0.1, 0.15) is 36.7 Å². The van der Waals surface area contributed by atoms with E-state index in [0.717, 1.165) is 30.4 Å². The van der Waals surface area contributed by atoms with Gasteiger partial charge in [-0.1, -0.05) is 13.3 Å². The smallest absolute Gasteiger partial charge is 0.400 e. The average Bonchev–Trinajstić information content (AvgIpc) is 3.16. The molecule has 0 aliphatic carbocycles. The van der Waals surface area contributed by atoms with Crippen LogP contribution in [0.4, 0.5) is 11.8 Å². The zero-order valence-electron chi connectivity index (χ0n) is 14.5. The number of aromatic nitrogens is 2. The van der Waals surface area contributed by atoms with Crippen LogP contribution in [-0.4, -0.2) is 20.7 Å². The number of nitro groups is 1. The molecule has 130 valence electrons. The van der Waals surface area contributed by atoms with Crippen molar-refractivity contribution in [1.82, 2.24) is 9.55 Å². The summed E-state index contributed by atoms with van der Waals surface area (Å²) in [6.07, 6.45) is 3.56. The lowest BCUT2D eigenvalue weighted by Crippen LogP contribution is -1.97. The van der Waals surface area contributed by atoms with Crippen molar-refractivity contribution in [1.29, 1.82) is 0 Å². The summed E-state index contributed by atoms with van der Waals surface area (Å²) in [5, 5.41) is 10.7. The number of rotatable bonds is 6. The van der Waals surface area contributed by atoms with E-state index in [-0.39, 0.29) is 5.88 Å². The van der Waals surface area contributed by atoms with Crippen LogP contribution in [0.3, 0.4) is 0 Å². The highest BCUT2D eigenvalue weighted by Gasteiger charge is 2.13. The van der Waals surface area contributed by atoms with Gasteiger partial charge in [-0.2, -0.15) is 0 Å². The molecule has 7 heteroatoms. The predicted molar refractivity (Wildman–Crippen MR) is 96.7 cm³/mol. The maximum Gasteiger partial charge on any atom is 0.433 e. The van der Waals surface area contributed by atoms with Crippen LogP contribution in [0.5, 0.6) is 0 Å². The van der Waals surface area contributed by atoms with Crippen LogP contribution in [0.2, 0.25) is 0 Å². The summed E-state index contributed by atoms with van der Waals surface area (Å²) in [6.45, 7) is 7.10. The minimum atomic E-state index is -0.570. The molecule has 0 saturated carbocycles. The van der Waals surface area contributed by atoms with Crippen molar-refractivity contribution in [3.63, 3.8) is 0 Å². The highest BCUT2D eigenvalue weighted by molar-refractivity contribution is 5.83. The van der Waals surface area contributed by atoms with E-state index in [1.54, 1.807) is 0 Å². The first-order valence-corrected chi connectivity index (χ1v) is 8.25. The van der Waals surface area contributed by atoms with Gasteiger partial charge in [-0.25, -0.2) is 9.98 Å². The van der Waals surface area contributed by atoms with Gasteiger partial charge in [0.15, 0.2) is 5.76 Å². The fraction of sp³-hybridized carbons (Fsp3) is 0.333. The minimum Gasteiger partial charge on any atom is -0.400 e. The van der Waals surface area contributed by atoms with Crippen molar-refractivity contribution >= 4 is 29.1 Å². The number of hydrogen-bond donors (Lipinski definition) is 0. The number of aryl methyl sites for hydroxylation is 3. The number of benzene rings is 1. The average molecular weight is 340 g/mol. The van der Waals surface area contributed by atoms with Gasteiger partial charge in [0.2, 0.25) is 5.95 Å². The van der Waals surface area contributed by atoms with E-state index in [0.29, 0.717) is 11.7 Å². The van der Waals surface area contributed by atoms with Gasteiger partial charge in [-0.15, -0.1) is 0 Å². The van der Waals surface area contributed by atoms with Crippen molar-refractivity contribution in [2.24, 2.45) is 4.99 Å². The maximum atomic E-state index is 10.7. The SMILES string of the molecule is CCCCn1c(/N=C/c2ccc([N+](=O)[O-])o2)nc2cc(C)c(C)cc21. The first-order chi connectivity index (χ1) is 12.0. The van der Waals surface area contributed by atoms with Gasteiger partial charge in [0, 0.05) is 6.54 Å². The molecular weight excluding hydrogens is 320 g/mol. The summed E-state index contributed by atoms with van der Waals surface area (Å²) in [5.74, 6) is 0.604. The number of nitrogens with zero attached hydrogens (tertiary/aromatic N) is 4. The molecule has 1 aromatic carbocycles. The van der Waals surface area contributed by atoms with Crippen LogP contribution in [0, 0.1) is 24.0 Å². The summed E-state index contributed by atoms with van der Waals surface area (Å²) in [4.78, 5) is 19.1. The van der Waals surface area contributed by atoms with E-state index in [2.05, 4.69) is 47.4 Å². The molecule has 0 radical (unpaired) electrons. The van der Waals surface area contributed by atoms with Crippen molar-refractivity contribution in [3.05, 3.63) is 51.3 Å². The molecule has 25 heavy (non-hydrogen) atoms. The molecule has 0 aliphatic rings. The Morgan fingerprint density at radius 3 is 2.76 bits per heavy atom. The van der Waals surface area contributed by atoms with Crippen molar-refractivity contribution in [2.45, 2.75) is 40.2 Å². The lowest BCUT2D eigenvalue weighted by molar-refractivity contribution is -0.402. The van der Waals surface area contributed by atoms with Gasteiger partial charge >= 0.3 is 5.88 Å². The van der Waals surface area contributed by atoms with E-state index in [9.17, 15) is 10.1 Å². The first-order valence-electron chi connectivity index (χ1n) is 8.25. The fourth-order valence-corrected chi connectivity index (χ4v) is 2.63. The summed E-state index contributed by atoms with van der Waals surface area (Å²) in [7, 11) is 0. The van der Waals surface area contributed by atoms with Crippen LogP contribution >= 0.6 is 0 Å². The number of unbranched alkanes of at least 4 members (excludes halogenated alkanes) is 1. The molecule has 0 atom stereocenters. The molecule has 0 saturated heterocycles. The van der Waals surface area contributed by atoms with Crippen LogP contribution in [0.25, 0.3) is 11.0 Å². The van der Waals surface area contributed by atoms with Crippen molar-refractivity contribution in [3.8, 4) is 0 Å². The van der Waals surface area contributed by atoms with Gasteiger partial charge in [0.25, 0.3) is 0 Å². The zero-order valence-corrected chi connectivity index (χ0v) is 14.5. The summed E-state index contributed by atoms with van der Waals surface area (Å²) in [5.41, 5.74) is 4.35. The highest BCUT2D eigenvalue weighted by atomic mass is 16.6. The summed E-state index contributed by atoms with van der Waals surface area (Å²) in [6, 6.07) is 7.02. The molecule has 3 aromatic rings. The molecule has 0 unspecified atom stereocenters. The molecule has 0 amide bonds. The normalized spacial score (nSPS) is 11.6. The number of imidazole rings is 1. The minimum absolute atomic E-state index is 0.299. The number of aliphatic imine (C=N–C) groups is 1. The number of fused-ring (bicyclic) bond motifs is 1. The quantitative estimate of drug-likeness (QED) is 0.369. The van der Waals surface area contributed by atoms with Crippen LogP contribution in [0.15, 0.2) is 33.7 Å². The third kappa shape index (κ3) is 3.45. The molecule has 7 nitrogen and oxygen atoms in total. The molecule has 0 aliphatic heterocycles. The Morgan fingerprint density at radius 2 is 2.08 bits per heavy atom. The van der Waals surface area contributed by atoms with Gasteiger partial charge in [-0.05, 0) is 49.6 Å². The maximum absolute atomic E-state index is 10.7. The summed E-state index contributed by atoms with van der Waals surface area (Å²) >= 11 is 0. The van der Waals surface area contributed by atoms with E-state index in [4.69, 9.17) is 4.42 Å². The predicted octanol–water partition coefficient (Wildman–Crippen LogP) is 4.71. The molecule has 0 bridgehead atoms. The standard InChI is InChI=1S/C18H20N4O3/c1-4-5-8-21-16-10-13(3)12(2)9-15(16)20-18(21)19-11-14-6-7-17(25-14)22(23)24/h6-7,9-11H,4-5,8H2,1-3H3/b19-11+. The lowest BCUT2D eigenvalue weighted by Gasteiger charge is -2.06. The fourth-order valence-electron chi connectivity index (χ4n) is 2.63. The Labute approximate surface area is 145 Å². The molecule has 0 N–H and O–H groups in total. The monoisotopic (exact) mass is 340 g/mol. The van der Waals surface area contributed by atoms with E-state index in [1.807, 2.05) is 0 Å². The van der Waals surface area contributed by atoms with Gasteiger partial charge in [-0.3, -0.25) is 10.1 Å². The second-order valence-electron chi connectivity index (χ2n) is 6.03. The van der Waals surface area contributed by atoms with Gasteiger partial charge in [0.05, 0.1) is 23.3 Å². The van der Waals surface area contributed by atoms with E-state index in [1.165, 1.54) is 29.5 Å². The van der Waals surface area contributed by atoms with Gasteiger partial charge in [0.1, 0.15) is 4.92 Å². The Morgan fingerprint density at radius 1 is 1.32 bits per heavy atom. The zero-order chi connectivity index (χ0) is 18.0. The third-order valence-electron chi connectivity index (χ3n) is 4.18. The van der Waals surface area contributed by atoms with Crippen LogP contribution in [-0.2, 0) is 6.54 Å². The third-order valence-corrected chi connectivity index (χ3v) is 4.18. The largest absolute Gasteiger partial charge is 0.433 e. The lowest BCUT2D eigenvalue weighted by atomic mass is 10.1. The van der Waals surface area contributed by atoms with E-state index >= 15 is 0 Å². The second kappa shape index (κ2) is 6.88.